The minimum absolute atomic E-state index is 0.407. The van der Waals surface area contributed by atoms with E-state index in [9.17, 15) is 5.11 Å². The summed E-state index contributed by atoms with van der Waals surface area (Å²) in [4.78, 5) is 0. The molecule has 0 heterocycles. The van der Waals surface area contributed by atoms with Gasteiger partial charge in [-0.15, -0.1) is 0 Å². The fourth-order valence-electron chi connectivity index (χ4n) is 3.23. The molecular formula is C24H36N2O2. The van der Waals surface area contributed by atoms with E-state index < -0.39 is 5.79 Å². The first-order chi connectivity index (χ1) is 13.7. The Bertz CT molecular complexity index is 625. The van der Waals surface area contributed by atoms with Crippen LogP contribution in [-0.4, -0.2) is 17.5 Å². The summed E-state index contributed by atoms with van der Waals surface area (Å²) in [6, 6.07) is 9.62. The number of allylic oxidation sites excluding steroid dienone is 1. The number of ether oxygens (including phenoxy) is 1. The van der Waals surface area contributed by atoms with Gasteiger partial charge in [-0.1, -0.05) is 89.0 Å². The van der Waals surface area contributed by atoms with Crippen LogP contribution in [0.2, 0.25) is 0 Å². The molecule has 28 heavy (non-hydrogen) atoms. The number of unbranched alkanes of at least 4 members (excludes halogenated alkanes) is 9. The quantitative estimate of drug-likeness (QED) is 0.209. The van der Waals surface area contributed by atoms with Crippen molar-refractivity contribution in [3.8, 4) is 0 Å². The molecule has 0 bridgehead atoms. The molecule has 1 aromatic rings. The second kappa shape index (κ2) is 13.4. The molecule has 0 aliphatic heterocycles. The Morgan fingerprint density at radius 2 is 1.54 bits per heavy atom. The van der Waals surface area contributed by atoms with E-state index in [4.69, 9.17) is 4.74 Å². The molecule has 0 fully saturated rings. The Morgan fingerprint density at radius 3 is 2.14 bits per heavy atom. The van der Waals surface area contributed by atoms with Crippen LogP contribution in [0.1, 0.15) is 77.6 Å². The summed E-state index contributed by atoms with van der Waals surface area (Å²) in [6.07, 6.45) is 18.7. The highest BCUT2D eigenvalue weighted by atomic mass is 16.6. The van der Waals surface area contributed by atoms with Crippen molar-refractivity contribution in [1.29, 1.82) is 0 Å². The van der Waals surface area contributed by atoms with Crippen LogP contribution in [0.4, 0.5) is 5.69 Å². The third-order valence-corrected chi connectivity index (χ3v) is 5.01. The molecule has 1 atom stereocenters. The van der Waals surface area contributed by atoms with Crippen LogP contribution >= 0.6 is 0 Å². The van der Waals surface area contributed by atoms with Gasteiger partial charge < -0.3 is 9.84 Å². The van der Waals surface area contributed by atoms with Crippen molar-refractivity contribution in [3.63, 3.8) is 0 Å². The van der Waals surface area contributed by atoms with Crippen LogP contribution in [0, 0.1) is 0 Å². The summed E-state index contributed by atoms with van der Waals surface area (Å²) in [5, 5.41) is 18.9. The first kappa shape index (κ1) is 22.5. The van der Waals surface area contributed by atoms with Crippen LogP contribution in [0.15, 0.2) is 64.5 Å². The topological polar surface area (TPSA) is 54.2 Å². The molecule has 4 heteroatoms. The predicted molar refractivity (Wildman–Crippen MR) is 116 cm³/mol. The Morgan fingerprint density at radius 1 is 0.893 bits per heavy atom. The largest absolute Gasteiger partial charge is 0.362 e. The number of aliphatic hydroxyl groups is 1. The van der Waals surface area contributed by atoms with Crippen molar-refractivity contribution >= 4 is 5.69 Å². The second-order valence-electron chi connectivity index (χ2n) is 7.58. The molecule has 4 nitrogen and oxygen atoms in total. The van der Waals surface area contributed by atoms with Gasteiger partial charge in [-0.25, -0.2) is 0 Å². The molecule has 1 unspecified atom stereocenters. The Balaban J connectivity index is 1.53. The molecule has 0 aromatic heterocycles. The van der Waals surface area contributed by atoms with Gasteiger partial charge in [-0.05, 0) is 30.7 Å². The van der Waals surface area contributed by atoms with Gasteiger partial charge in [0.2, 0.25) is 0 Å². The van der Waals surface area contributed by atoms with Crippen LogP contribution in [0.25, 0.3) is 0 Å². The van der Waals surface area contributed by atoms with Gasteiger partial charge in [0.1, 0.15) is 0 Å². The van der Waals surface area contributed by atoms with Gasteiger partial charge in [0.25, 0.3) is 0 Å². The van der Waals surface area contributed by atoms with E-state index in [0.29, 0.717) is 13.0 Å². The number of nitrogens with zero attached hydrogens (tertiary/aromatic N) is 2. The van der Waals surface area contributed by atoms with E-state index >= 15 is 0 Å². The normalized spacial score (nSPS) is 19.3. The fraction of sp³-hybridized carbons (Fsp3) is 0.583. The highest BCUT2D eigenvalue weighted by Gasteiger charge is 2.25. The van der Waals surface area contributed by atoms with E-state index in [1.165, 1.54) is 57.8 Å². The number of hydrogen-bond donors (Lipinski definition) is 1. The zero-order valence-electron chi connectivity index (χ0n) is 17.4. The van der Waals surface area contributed by atoms with E-state index in [1.54, 1.807) is 12.2 Å². The number of benzene rings is 1. The summed E-state index contributed by atoms with van der Waals surface area (Å²) in [7, 11) is 0. The highest BCUT2D eigenvalue weighted by molar-refractivity contribution is 5.35. The minimum atomic E-state index is -1.20. The summed E-state index contributed by atoms with van der Waals surface area (Å²) in [5.41, 5.74) is 1.56. The van der Waals surface area contributed by atoms with E-state index in [-0.39, 0.29) is 0 Å². The lowest BCUT2D eigenvalue weighted by molar-refractivity contribution is -0.165. The van der Waals surface area contributed by atoms with Crippen molar-refractivity contribution < 1.29 is 9.84 Å². The van der Waals surface area contributed by atoms with Gasteiger partial charge in [0.05, 0.1) is 18.0 Å². The average Bonchev–Trinajstić information content (AvgIpc) is 2.72. The number of rotatable bonds is 14. The summed E-state index contributed by atoms with van der Waals surface area (Å²) < 4.78 is 5.71. The van der Waals surface area contributed by atoms with Crippen LogP contribution in [0.5, 0.6) is 0 Å². The molecule has 2 rings (SSSR count). The molecule has 154 valence electrons. The number of azo groups is 1. The highest BCUT2D eigenvalue weighted by Crippen LogP contribution is 2.24. The molecular weight excluding hydrogens is 348 g/mol. The summed E-state index contributed by atoms with van der Waals surface area (Å²) in [5.74, 6) is -1.20. The van der Waals surface area contributed by atoms with Crippen molar-refractivity contribution in [1.82, 2.24) is 0 Å². The van der Waals surface area contributed by atoms with Crippen LogP contribution in [0.3, 0.4) is 0 Å². The molecule has 0 radical (unpaired) electrons. The molecule has 0 spiro atoms. The van der Waals surface area contributed by atoms with E-state index in [0.717, 1.165) is 17.8 Å². The van der Waals surface area contributed by atoms with Gasteiger partial charge >= 0.3 is 0 Å². The van der Waals surface area contributed by atoms with Crippen LogP contribution < -0.4 is 0 Å². The van der Waals surface area contributed by atoms with Crippen molar-refractivity contribution in [3.05, 3.63) is 54.3 Å². The first-order valence-electron chi connectivity index (χ1n) is 10.9. The van der Waals surface area contributed by atoms with Crippen molar-refractivity contribution in [2.75, 3.05) is 6.61 Å². The standard InChI is InChI=1S/C24H36N2O2/c1-2-3-4-5-6-7-8-9-10-14-21-28-24(27)19-17-23(18-20-24)26-25-22-15-12-11-13-16-22/h11-13,15-19,27H,2-10,14,20-21H2,1H3. The summed E-state index contributed by atoms with van der Waals surface area (Å²) in [6.45, 7) is 2.85. The third-order valence-electron chi connectivity index (χ3n) is 5.01. The van der Waals surface area contributed by atoms with Crippen molar-refractivity contribution in [2.45, 2.75) is 83.3 Å². The third kappa shape index (κ3) is 9.43. The molecule has 0 saturated carbocycles. The lowest BCUT2D eigenvalue weighted by Gasteiger charge is -2.26. The second-order valence-corrected chi connectivity index (χ2v) is 7.58. The molecule has 1 aliphatic carbocycles. The van der Waals surface area contributed by atoms with Crippen LogP contribution in [-0.2, 0) is 4.74 Å². The van der Waals surface area contributed by atoms with E-state index in [2.05, 4.69) is 17.2 Å². The maximum atomic E-state index is 10.5. The zero-order valence-corrected chi connectivity index (χ0v) is 17.4. The summed E-state index contributed by atoms with van der Waals surface area (Å²) >= 11 is 0. The molecule has 1 aliphatic rings. The monoisotopic (exact) mass is 384 g/mol. The fourth-order valence-corrected chi connectivity index (χ4v) is 3.23. The van der Waals surface area contributed by atoms with Gasteiger partial charge in [-0.2, -0.15) is 10.2 Å². The minimum Gasteiger partial charge on any atom is -0.362 e. The average molecular weight is 385 g/mol. The zero-order chi connectivity index (χ0) is 19.9. The lowest BCUT2D eigenvalue weighted by atomic mass is 10.1. The Labute approximate surface area is 170 Å². The molecule has 1 aromatic carbocycles. The number of hydrogen-bond acceptors (Lipinski definition) is 4. The lowest BCUT2D eigenvalue weighted by Crippen LogP contribution is -2.31. The predicted octanol–water partition coefficient (Wildman–Crippen LogP) is 7.24. The van der Waals surface area contributed by atoms with Gasteiger partial charge in [0.15, 0.2) is 5.79 Å². The van der Waals surface area contributed by atoms with Gasteiger partial charge in [-0.3, -0.25) is 0 Å². The SMILES string of the molecule is CCCCCCCCCCCCOC1(O)C=CC(N=Nc2ccccc2)=CC1. The Kier molecular flexibility index (Phi) is 10.8. The molecule has 0 amide bonds. The smallest absolute Gasteiger partial charge is 0.189 e. The molecule has 1 N–H and O–H groups in total. The molecule has 0 saturated heterocycles. The Hall–Kier alpha value is -1.78. The maximum absolute atomic E-state index is 10.5. The first-order valence-corrected chi connectivity index (χ1v) is 10.9. The van der Waals surface area contributed by atoms with Crippen molar-refractivity contribution in [2.24, 2.45) is 10.2 Å². The van der Waals surface area contributed by atoms with Gasteiger partial charge in [0, 0.05) is 6.42 Å². The van der Waals surface area contributed by atoms with E-state index in [1.807, 2.05) is 36.4 Å². The maximum Gasteiger partial charge on any atom is 0.189 e.